The molecule has 1 fully saturated rings. The predicted octanol–water partition coefficient (Wildman–Crippen LogP) is 2.99. The van der Waals surface area contributed by atoms with E-state index in [-0.39, 0.29) is 5.41 Å². The highest BCUT2D eigenvalue weighted by atomic mass is 15.2. The third kappa shape index (κ3) is 2.73. The number of nitrogens with zero attached hydrogens (tertiary/aromatic N) is 1. The fraction of sp³-hybridized carbons (Fsp3) is 0.917. The van der Waals surface area contributed by atoms with Crippen LogP contribution >= 0.6 is 0 Å². The number of hydrogen-bond acceptors (Lipinski definition) is 1. The zero-order chi connectivity index (χ0) is 10.9. The van der Waals surface area contributed by atoms with Gasteiger partial charge in [0, 0.05) is 18.5 Å². The third-order valence-electron chi connectivity index (χ3n) is 2.90. The molecular formula is C12H24N2. The summed E-state index contributed by atoms with van der Waals surface area (Å²) in [6.07, 6.45) is 1.31. The van der Waals surface area contributed by atoms with E-state index in [2.05, 4.69) is 39.5 Å². The fourth-order valence-corrected chi connectivity index (χ4v) is 2.32. The molecule has 1 saturated heterocycles. The van der Waals surface area contributed by atoms with Crippen LogP contribution in [0.4, 0.5) is 0 Å². The number of amidine groups is 1. The second kappa shape index (κ2) is 3.92. The van der Waals surface area contributed by atoms with Crippen LogP contribution in [0.2, 0.25) is 0 Å². The molecule has 0 aromatic carbocycles. The third-order valence-corrected chi connectivity index (χ3v) is 2.90. The van der Waals surface area contributed by atoms with Crippen LogP contribution in [-0.2, 0) is 0 Å². The maximum absolute atomic E-state index is 8.14. The molecule has 14 heavy (non-hydrogen) atoms. The first-order valence-corrected chi connectivity index (χ1v) is 5.64. The minimum Gasteiger partial charge on any atom is -0.360 e. The summed E-state index contributed by atoms with van der Waals surface area (Å²) in [5, 5.41) is 8.14. The Kier molecular flexibility index (Phi) is 3.23. The molecule has 1 heterocycles. The lowest BCUT2D eigenvalue weighted by Gasteiger charge is -2.40. The summed E-state index contributed by atoms with van der Waals surface area (Å²) in [6, 6.07) is 0. The maximum Gasteiger partial charge on any atom is 0.101 e. The molecule has 1 aliphatic heterocycles. The van der Waals surface area contributed by atoms with Gasteiger partial charge in [-0.05, 0) is 18.3 Å². The van der Waals surface area contributed by atoms with Crippen molar-refractivity contribution in [2.24, 2.45) is 17.3 Å². The van der Waals surface area contributed by atoms with Crippen molar-refractivity contribution < 1.29 is 0 Å². The van der Waals surface area contributed by atoms with Crippen molar-refractivity contribution in [3.8, 4) is 0 Å². The molecule has 0 aromatic rings. The Morgan fingerprint density at radius 1 is 1.14 bits per heavy atom. The predicted molar refractivity (Wildman–Crippen MR) is 61.7 cm³/mol. The van der Waals surface area contributed by atoms with Gasteiger partial charge in [-0.3, -0.25) is 5.41 Å². The smallest absolute Gasteiger partial charge is 0.101 e. The van der Waals surface area contributed by atoms with Crippen LogP contribution in [0.15, 0.2) is 0 Å². The fourth-order valence-electron chi connectivity index (χ4n) is 2.32. The summed E-state index contributed by atoms with van der Waals surface area (Å²) < 4.78 is 0. The van der Waals surface area contributed by atoms with E-state index in [1.54, 1.807) is 0 Å². The van der Waals surface area contributed by atoms with E-state index in [9.17, 15) is 0 Å². The number of likely N-dealkylation sites (tertiary alicyclic amines) is 1. The Hall–Kier alpha value is -0.530. The van der Waals surface area contributed by atoms with Gasteiger partial charge in [-0.25, -0.2) is 0 Å². The molecule has 0 bridgehead atoms. The molecule has 0 saturated carbocycles. The largest absolute Gasteiger partial charge is 0.360 e. The van der Waals surface area contributed by atoms with Gasteiger partial charge in [0.25, 0.3) is 0 Å². The van der Waals surface area contributed by atoms with E-state index >= 15 is 0 Å². The maximum atomic E-state index is 8.14. The lowest BCUT2D eigenvalue weighted by atomic mass is 9.88. The van der Waals surface area contributed by atoms with Crippen molar-refractivity contribution in [1.82, 2.24) is 4.90 Å². The normalized spacial score (nSPS) is 29.1. The molecule has 1 rings (SSSR count). The molecule has 2 atom stereocenters. The Balaban J connectivity index is 2.64. The molecule has 0 aliphatic carbocycles. The van der Waals surface area contributed by atoms with Crippen molar-refractivity contribution in [3.05, 3.63) is 0 Å². The van der Waals surface area contributed by atoms with Gasteiger partial charge in [-0.1, -0.05) is 34.6 Å². The van der Waals surface area contributed by atoms with E-state index in [0.29, 0.717) is 0 Å². The molecule has 2 unspecified atom stereocenters. The van der Waals surface area contributed by atoms with Crippen molar-refractivity contribution >= 4 is 5.84 Å². The first kappa shape index (κ1) is 11.5. The van der Waals surface area contributed by atoms with E-state index in [1.807, 2.05) is 0 Å². The summed E-state index contributed by atoms with van der Waals surface area (Å²) in [5.74, 6) is 2.28. The monoisotopic (exact) mass is 196 g/mol. The Bertz CT molecular complexity index is 205. The van der Waals surface area contributed by atoms with Crippen LogP contribution in [-0.4, -0.2) is 23.8 Å². The van der Waals surface area contributed by atoms with Gasteiger partial charge in [0.15, 0.2) is 0 Å². The summed E-state index contributed by atoms with van der Waals surface area (Å²) in [4.78, 5) is 2.26. The van der Waals surface area contributed by atoms with Gasteiger partial charge < -0.3 is 4.90 Å². The van der Waals surface area contributed by atoms with Crippen LogP contribution < -0.4 is 0 Å². The van der Waals surface area contributed by atoms with Crippen LogP contribution in [0.1, 0.15) is 41.0 Å². The van der Waals surface area contributed by atoms with Gasteiger partial charge in [0.2, 0.25) is 0 Å². The first-order chi connectivity index (χ1) is 6.30. The molecule has 1 N–H and O–H groups in total. The number of piperidine rings is 1. The first-order valence-electron chi connectivity index (χ1n) is 5.64. The molecule has 2 heteroatoms. The molecule has 0 spiro atoms. The van der Waals surface area contributed by atoms with Crippen LogP contribution in [0.25, 0.3) is 0 Å². The topological polar surface area (TPSA) is 27.1 Å². The number of hydrogen-bond donors (Lipinski definition) is 1. The second-order valence-corrected chi connectivity index (χ2v) is 5.95. The van der Waals surface area contributed by atoms with E-state index in [1.165, 1.54) is 6.42 Å². The zero-order valence-electron chi connectivity index (χ0n) is 10.2. The molecular weight excluding hydrogens is 172 g/mol. The van der Waals surface area contributed by atoms with Crippen LogP contribution in [0.5, 0.6) is 0 Å². The lowest BCUT2D eigenvalue weighted by Crippen LogP contribution is -2.46. The Morgan fingerprint density at radius 3 is 1.93 bits per heavy atom. The molecule has 1 aliphatic rings. The van der Waals surface area contributed by atoms with Crippen molar-refractivity contribution in [2.75, 3.05) is 13.1 Å². The summed E-state index contributed by atoms with van der Waals surface area (Å²) >= 11 is 0. The molecule has 0 aromatic heterocycles. The van der Waals surface area contributed by atoms with Crippen LogP contribution in [0.3, 0.4) is 0 Å². The minimum atomic E-state index is -0.00319. The average molecular weight is 196 g/mol. The number of nitrogens with one attached hydrogen (secondary N) is 1. The van der Waals surface area contributed by atoms with Crippen molar-refractivity contribution in [2.45, 2.75) is 41.0 Å². The molecule has 0 amide bonds. The Morgan fingerprint density at radius 2 is 1.57 bits per heavy atom. The van der Waals surface area contributed by atoms with Crippen molar-refractivity contribution in [3.63, 3.8) is 0 Å². The lowest BCUT2D eigenvalue weighted by molar-refractivity contribution is 0.199. The highest BCUT2D eigenvalue weighted by Crippen LogP contribution is 2.25. The van der Waals surface area contributed by atoms with Gasteiger partial charge in [-0.2, -0.15) is 0 Å². The molecule has 2 nitrogen and oxygen atoms in total. The highest BCUT2D eigenvalue weighted by molar-refractivity contribution is 5.84. The van der Waals surface area contributed by atoms with Gasteiger partial charge in [-0.15, -0.1) is 0 Å². The average Bonchev–Trinajstić information content (AvgIpc) is 1.99. The zero-order valence-corrected chi connectivity index (χ0v) is 10.2. The second-order valence-electron chi connectivity index (χ2n) is 5.95. The van der Waals surface area contributed by atoms with Crippen LogP contribution in [0, 0.1) is 22.7 Å². The highest BCUT2D eigenvalue weighted by Gasteiger charge is 2.28. The summed E-state index contributed by atoms with van der Waals surface area (Å²) in [6.45, 7) is 13.1. The minimum absolute atomic E-state index is 0.00319. The summed E-state index contributed by atoms with van der Waals surface area (Å²) in [5.41, 5.74) is -0.00319. The van der Waals surface area contributed by atoms with E-state index in [4.69, 9.17) is 5.41 Å². The summed E-state index contributed by atoms with van der Waals surface area (Å²) in [7, 11) is 0. The van der Waals surface area contributed by atoms with Crippen molar-refractivity contribution in [1.29, 1.82) is 5.41 Å². The molecule has 0 radical (unpaired) electrons. The van der Waals surface area contributed by atoms with E-state index in [0.717, 1.165) is 30.8 Å². The van der Waals surface area contributed by atoms with E-state index < -0.39 is 0 Å². The van der Waals surface area contributed by atoms with Gasteiger partial charge in [0.1, 0.15) is 5.84 Å². The quantitative estimate of drug-likeness (QED) is 0.468. The van der Waals surface area contributed by atoms with Gasteiger partial charge >= 0.3 is 0 Å². The number of rotatable bonds is 0. The SMILES string of the molecule is CC1CC(C)CN(C(=N)C(C)(C)C)C1. The Labute approximate surface area is 88.2 Å². The van der Waals surface area contributed by atoms with Gasteiger partial charge in [0.05, 0.1) is 0 Å². The standard InChI is InChI=1S/C12H24N2/c1-9-6-10(2)8-14(7-9)11(13)12(3,4)5/h9-10,13H,6-8H2,1-5H3. The molecule has 82 valence electrons.